The second-order valence-electron chi connectivity index (χ2n) is 4.14. The van der Waals surface area contributed by atoms with Crippen molar-refractivity contribution >= 4 is 22.8 Å². The molecule has 0 amide bonds. The normalized spacial score (nSPS) is 10.8. The lowest BCUT2D eigenvalue weighted by molar-refractivity contribution is 0.563. The summed E-state index contributed by atoms with van der Waals surface area (Å²) in [6.07, 6.45) is 5.03. The first kappa shape index (κ1) is 11.5. The van der Waals surface area contributed by atoms with E-state index >= 15 is 0 Å². The van der Waals surface area contributed by atoms with E-state index in [2.05, 4.69) is 25.6 Å². The third kappa shape index (κ3) is 2.08. The molecule has 4 N–H and O–H groups in total. The summed E-state index contributed by atoms with van der Waals surface area (Å²) >= 11 is 0. The lowest BCUT2D eigenvalue weighted by Gasteiger charge is -2.18. The number of nitrogens with zero attached hydrogens (tertiary/aromatic N) is 4. The molecule has 0 aliphatic carbocycles. The molecule has 0 aliphatic rings. The first-order valence-corrected chi connectivity index (χ1v) is 5.68. The Balaban J connectivity index is 2.00. The molecule has 8 heteroatoms. The Morgan fingerprint density at radius 3 is 3.11 bits per heavy atom. The van der Waals surface area contributed by atoms with Gasteiger partial charge in [-0.25, -0.2) is 5.84 Å². The Labute approximate surface area is 108 Å². The molecular formula is C11H13N7O. The molecule has 3 heterocycles. The van der Waals surface area contributed by atoms with Crippen LogP contribution in [0.4, 0.5) is 11.8 Å². The summed E-state index contributed by atoms with van der Waals surface area (Å²) in [7, 11) is 1.93. The van der Waals surface area contributed by atoms with E-state index in [-0.39, 0.29) is 0 Å². The van der Waals surface area contributed by atoms with Crippen LogP contribution in [0.25, 0.3) is 11.0 Å². The Bertz CT molecular complexity index is 675. The van der Waals surface area contributed by atoms with Gasteiger partial charge in [-0.1, -0.05) is 0 Å². The number of nitrogens with one attached hydrogen (secondary N) is 2. The van der Waals surface area contributed by atoms with E-state index in [1.54, 1.807) is 18.7 Å². The molecule has 0 spiro atoms. The van der Waals surface area contributed by atoms with Crippen LogP contribution < -0.4 is 16.2 Å². The summed E-state index contributed by atoms with van der Waals surface area (Å²) in [4.78, 5) is 10.5. The second kappa shape index (κ2) is 4.58. The summed E-state index contributed by atoms with van der Waals surface area (Å²) < 4.78 is 5.06. The number of fused-ring (bicyclic) bond motifs is 1. The smallest absolute Gasteiger partial charge is 0.241 e. The lowest BCUT2D eigenvalue weighted by atomic mass is 10.3. The molecule has 0 atom stereocenters. The molecule has 0 fully saturated rings. The molecule has 8 nitrogen and oxygen atoms in total. The number of hydrogen-bond acceptors (Lipinski definition) is 7. The van der Waals surface area contributed by atoms with Crippen molar-refractivity contribution in [2.45, 2.75) is 6.54 Å². The van der Waals surface area contributed by atoms with E-state index in [0.717, 1.165) is 16.8 Å². The summed E-state index contributed by atoms with van der Waals surface area (Å²) in [6, 6.07) is 1.91. The third-order valence-electron chi connectivity index (χ3n) is 2.78. The van der Waals surface area contributed by atoms with Crippen molar-refractivity contribution in [3.63, 3.8) is 0 Å². The van der Waals surface area contributed by atoms with E-state index in [1.165, 1.54) is 0 Å². The van der Waals surface area contributed by atoms with Gasteiger partial charge in [0, 0.05) is 19.2 Å². The van der Waals surface area contributed by atoms with Crippen LogP contribution in [0.3, 0.4) is 0 Å². The van der Waals surface area contributed by atoms with Gasteiger partial charge < -0.3 is 9.32 Å². The largest absolute Gasteiger partial charge is 0.472 e. The number of nitrogen functional groups attached to an aromatic ring is 1. The van der Waals surface area contributed by atoms with Gasteiger partial charge in [0.2, 0.25) is 5.95 Å². The van der Waals surface area contributed by atoms with E-state index < -0.39 is 0 Å². The molecule has 3 rings (SSSR count). The summed E-state index contributed by atoms with van der Waals surface area (Å²) in [6.45, 7) is 0.664. The van der Waals surface area contributed by atoms with E-state index in [9.17, 15) is 0 Å². The van der Waals surface area contributed by atoms with Crippen molar-refractivity contribution in [3.8, 4) is 0 Å². The van der Waals surface area contributed by atoms with Gasteiger partial charge in [0.15, 0.2) is 5.65 Å². The fourth-order valence-corrected chi connectivity index (χ4v) is 1.91. The molecule has 0 saturated carbocycles. The minimum Gasteiger partial charge on any atom is -0.472 e. The number of furan rings is 1. The standard InChI is InChI=1S/C11H13N7O/c1-18(5-7-2-3-19-6-7)10-8-4-13-17-9(8)14-11(15-10)16-12/h2-4,6H,5,12H2,1H3,(H2,13,14,15,16,17). The molecule has 3 aromatic heterocycles. The monoisotopic (exact) mass is 259 g/mol. The molecular weight excluding hydrogens is 246 g/mol. The van der Waals surface area contributed by atoms with Gasteiger partial charge in [0.05, 0.1) is 24.1 Å². The Hall–Kier alpha value is -2.61. The van der Waals surface area contributed by atoms with Crippen LogP contribution in [-0.2, 0) is 6.54 Å². The second-order valence-corrected chi connectivity index (χ2v) is 4.14. The van der Waals surface area contributed by atoms with Crippen LogP contribution in [0.5, 0.6) is 0 Å². The van der Waals surface area contributed by atoms with Gasteiger partial charge in [0.25, 0.3) is 0 Å². The molecule has 0 bridgehead atoms. The van der Waals surface area contributed by atoms with Gasteiger partial charge in [-0.15, -0.1) is 0 Å². The highest BCUT2D eigenvalue weighted by Crippen LogP contribution is 2.23. The van der Waals surface area contributed by atoms with Crippen LogP contribution in [0.1, 0.15) is 5.56 Å². The molecule has 98 valence electrons. The SMILES string of the molecule is CN(Cc1ccoc1)c1nc(NN)nc2[nH]ncc12. The Morgan fingerprint density at radius 2 is 2.37 bits per heavy atom. The molecule has 0 saturated heterocycles. The molecule has 0 aromatic carbocycles. The van der Waals surface area contributed by atoms with Gasteiger partial charge in [0.1, 0.15) is 5.82 Å². The van der Waals surface area contributed by atoms with Crippen LogP contribution >= 0.6 is 0 Å². The average molecular weight is 259 g/mol. The summed E-state index contributed by atoms with van der Waals surface area (Å²) in [5.74, 6) is 6.45. The van der Waals surface area contributed by atoms with Crippen LogP contribution in [0.15, 0.2) is 29.2 Å². The average Bonchev–Trinajstić information content (AvgIpc) is 3.07. The minimum atomic E-state index is 0.339. The minimum absolute atomic E-state index is 0.339. The van der Waals surface area contributed by atoms with Crippen LogP contribution in [-0.4, -0.2) is 27.2 Å². The lowest BCUT2D eigenvalue weighted by Crippen LogP contribution is -2.19. The highest BCUT2D eigenvalue weighted by atomic mass is 16.3. The van der Waals surface area contributed by atoms with Crippen molar-refractivity contribution < 1.29 is 4.42 Å². The van der Waals surface area contributed by atoms with Gasteiger partial charge in [-0.3, -0.25) is 10.5 Å². The summed E-state index contributed by atoms with van der Waals surface area (Å²) in [5.41, 5.74) is 4.14. The first-order valence-electron chi connectivity index (χ1n) is 5.68. The predicted octanol–water partition coefficient (Wildman–Crippen LogP) is 0.868. The fourth-order valence-electron chi connectivity index (χ4n) is 1.91. The number of nitrogens with two attached hydrogens (primary N) is 1. The zero-order valence-electron chi connectivity index (χ0n) is 10.3. The predicted molar refractivity (Wildman–Crippen MR) is 70.3 cm³/mol. The third-order valence-corrected chi connectivity index (χ3v) is 2.78. The van der Waals surface area contributed by atoms with Crippen molar-refractivity contribution in [1.82, 2.24) is 20.2 Å². The molecule has 3 aromatic rings. The highest BCUT2D eigenvalue weighted by molar-refractivity contribution is 5.87. The molecule has 0 radical (unpaired) electrons. The van der Waals surface area contributed by atoms with E-state index in [1.807, 2.05) is 18.0 Å². The number of aromatic nitrogens is 4. The van der Waals surface area contributed by atoms with Crippen LogP contribution in [0.2, 0.25) is 0 Å². The maximum atomic E-state index is 5.37. The molecule has 0 aliphatic heterocycles. The number of hydrogen-bond donors (Lipinski definition) is 3. The van der Waals surface area contributed by atoms with Gasteiger partial charge in [-0.2, -0.15) is 15.1 Å². The zero-order valence-corrected chi connectivity index (χ0v) is 10.3. The number of H-pyrrole nitrogens is 1. The zero-order chi connectivity index (χ0) is 13.2. The molecule has 19 heavy (non-hydrogen) atoms. The van der Waals surface area contributed by atoms with Gasteiger partial charge in [-0.05, 0) is 6.07 Å². The van der Waals surface area contributed by atoms with Crippen molar-refractivity contribution in [2.75, 3.05) is 17.4 Å². The maximum absolute atomic E-state index is 5.37. The maximum Gasteiger partial charge on any atom is 0.241 e. The van der Waals surface area contributed by atoms with Crippen molar-refractivity contribution in [1.29, 1.82) is 0 Å². The highest BCUT2D eigenvalue weighted by Gasteiger charge is 2.13. The number of rotatable bonds is 4. The Morgan fingerprint density at radius 1 is 1.47 bits per heavy atom. The first-order chi connectivity index (χ1) is 9.28. The van der Waals surface area contributed by atoms with Crippen molar-refractivity contribution in [3.05, 3.63) is 30.4 Å². The Kier molecular flexibility index (Phi) is 2.76. The molecule has 0 unspecified atom stereocenters. The number of aromatic amines is 1. The van der Waals surface area contributed by atoms with Crippen LogP contribution in [0, 0.1) is 0 Å². The van der Waals surface area contributed by atoms with Gasteiger partial charge >= 0.3 is 0 Å². The quantitative estimate of drug-likeness (QED) is 0.471. The number of hydrazine groups is 1. The van der Waals surface area contributed by atoms with E-state index in [0.29, 0.717) is 18.1 Å². The number of anilines is 2. The fraction of sp³-hybridized carbons (Fsp3) is 0.182. The summed E-state index contributed by atoms with van der Waals surface area (Å²) in [5, 5.41) is 7.62. The van der Waals surface area contributed by atoms with E-state index in [4.69, 9.17) is 10.3 Å². The van der Waals surface area contributed by atoms with Crippen molar-refractivity contribution in [2.24, 2.45) is 5.84 Å². The topological polar surface area (TPSA) is 109 Å².